The minimum Gasteiger partial charge on any atom is -0.488 e. The van der Waals surface area contributed by atoms with Crippen LogP contribution in [0, 0.1) is 0 Å². The second-order valence-electron chi connectivity index (χ2n) is 10.5. The fourth-order valence-electron chi connectivity index (χ4n) is 4.63. The Morgan fingerprint density at radius 2 is 1.70 bits per heavy atom. The average Bonchev–Trinajstić information content (AvgIpc) is 3.29. The van der Waals surface area contributed by atoms with E-state index >= 15 is 0 Å². The zero-order valence-corrected chi connectivity index (χ0v) is 25.1. The summed E-state index contributed by atoms with van der Waals surface area (Å²) in [6.07, 6.45) is 0.350. The Bertz CT molecular complexity index is 1720. The number of nitrogens with zero attached hydrogens (tertiary/aromatic N) is 2. The van der Waals surface area contributed by atoms with Crippen LogP contribution in [-0.2, 0) is 31.5 Å². The third-order valence-electron chi connectivity index (χ3n) is 6.79. The Hall–Kier alpha value is -4.69. The summed E-state index contributed by atoms with van der Waals surface area (Å²) >= 11 is 6.00. The number of aryl methyl sites for hydroxylation is 2. The summed E-state index contributed by atoms with van der Waals surface area (Å²) in [5, 5.41) is 13.2. The van der Waals surface area contributed by atoms with Gasteiger partial charge in [0.05, 0.1) is 11.0 Å². The van der Waals surface area contributed by atoms with E-state index in [1.165, 1.54) is 0 Å². The number of hydrogen-bond donors (Lipinski definition) is 2. The number of halogens is 1. The van der Waals surface area contributed by atoms with E-state index in [1.54, 1.807) is 18.2 Å². The van der Waals surface area contributed by atoms with Gasteiger partial charge in [-0.05, 0) is 73.9 Å². The summed E-state index contributed by atoms with van der Waals surface area (Å²) in [6, 6.07) is 26.9. The quantitative estimate of drug-likeness (QED) is 0.141. The fraction of sp³-hybridized carbons (Fsp3) is 0.235. The van der Waals surface area contributed by atoms with Gasteiger partial charge in [-0.2, -0.15) is 0 Å². The van der Waals surface area contributed by atoms with Crippen LogP contribution in [0.5, 0.6) is 23.0 Å². The molecule has 43 heavy (non-hydrogen) atoms. The summed E-state index contributed by atoms with van der Waals surface area (Å²) < 4.78 is 20.4. The first-order chi connectivity index (χ1) is 20.7. The van der Waals surface area contributed by atoms with Gasteiger partial charge in [-0.3, -0.25) is 4.79 Å². The summed E-state index contributed by atoms with van der Waals surface area (Å²) in [4.78, 5) is 15.9. The van der Waals surface area contributed by atoms with E-state index in [1.807, 2.05) is 78.3 Å². The number of rotatable bonds is 13. The van der Waals surface area contributed by atoms with Crippen molar-refractivity contribution >= 4 is 34.3 Å². The number of anilines is 1. The molecule has 1 aromatic heterocycles. The van der Waals surface area contributed by atoms with Crippen LogP contribution in [0.2, 0.25) is 5.02 Å². The molecule has 0 aliphatic carbocycles. The molecular formula is C34H34ClN3O5. The second kappa shape index (κ2) is 13.5. The summed E-state index contributed by atoms with van der Waals surface area (Å²) in [5.41, 5.74) is 4.50. The average molecular weight is 600 g/mol. The monoisotopic (exact) mass is 599 g/mol. The fourth-order valence-corrected chi connectivity index (χ4v) is 4.75. The molecular weight excluding hydrogens is 566 g/mol. The number of carboxylic acids is 1. The van der Waals surface area contributed by atoms with E-state index in [2.05, 4.69) is 19.2 Å². The zero-order valence-electron chi connectivity index (χ0n) is 24.3. The molecule has 4 aromatic carbocycles. The number of imidazole rings is 1. The van der Waals surface area contributed by atoms with E-state index in [0.717, 1.165) is 39.4 Å². The second-order valence-corrected chi connectivity index (χ2v) is 11.0. The Labute approximate surface area is 255 Å². The van der Waals surface area contributed by atoms with Crippen molar-refractivity contribution < 1.29 is 24.1 Å². The van der Waals surface area contributed by atoms with Crippen molar-refractivity contribution in [3.8, 4) is 23.0 Å². The smallest absolute Gasteiger partial charge is 0.303 e. The lowest BCUT2D eigenvalue weighted by Gasteiger charge is -2.14. The van der Waals surface area contributed by atoms with Crippen LogP contribution in [0.15, 0.2) is 84.9 Å². The molecule has 222 valence electrons. The van der Waals surface area contributed by atoms with Crippen LogP contribution < -0.4 is 19.5 Å². The third kappa shape index (κ3) is 7.99. The lowest BCUT2D eigenvalue weighted by molar-refractivity contribution is -0.136. The molecule has 2 N–H and O–H groups in total. The Balaban J connectivity index is 1.29. The number of carbonyl (C=O) groups is 1. The van der Waals surface area contributed by atoms with Gasteiger partial charge in [-0.25, -0.2) is 4.98 Å². The number of aliphatic carboxylic acids is 1. The number of aromatic nitrogens is 2. The lowest BCUT2D eigenvalue weighted by atomic mass is 10.1. The maximum absolute atomic E-state index is 11.2. The number of hydrogen-bond acceptors (Lipinski definition) is 6. The highest BCUT2D eigenvalue weighted by atomic mass is 35.5. The molecule has 0 aliphatic rings. The van der Waals surface area contributed by atoms with Crippen LogP contribution in [0.4, 0.5) is 5.69 Å². The van der Waals surface area contributed by atoms with Crippen molar-refractivity contribution in [3.05, 3.63) is 107 Å². The number of nitrogens with one attached hydrogen (secondary N) is 1. The number of benzene rings is 4. The molecule has 0 radical (unpaired) electrons. The Kier molecular flexibility index (Phi) is 9.37. The summed E-state index contributed by atoms with van der Waals surface area (Å²) in [7, 11) is 1.95. The van der Waals surface area contributed by atoms with Gasteiger partial charge in [-0.1, -0.05) is 35.9 Å². The van der Waals surface area contributed by atoms with Gasteiger partial charge in [0.25, 0.3) is 0 Å². The molecule has 0 unspecified atom stereocenters. The summed E-state index contributed by atoms with van der Waals surface area (Å²) in [6.45, 7) is 4.74. The van der Waals surface area contributed by atoms with Crippen LogP contribution in [0.25, 0.3) is 11.0 Å². The van der Waals surface area contributed by atoms with Gasteiger partial charge in [0, 0.05) is 48.4 Å². The van der Waals surface area contributed by atoms with Crippen LogP contribution in [0.1, 0.15) is 37.2 Å². The van der Waals surface area contributed by atoms with E-state index in [4.69, 9.17) is 30.8 Å². The SMILES string of the molecule is CC(C)Nc1cccc(Oc2ccc3nc(COc4ccc(CCC(=O)O)c(OCc5ccc(Cl)cc5)c4)n(C)c3c2)c1. The minimum absolute atomic E-state index is 0.00331. The topological polar surface area (TPSA) is 94.8 Å². The van der Waals surface area contributed by atoms with Gasteiger partial charge < -0.3 is 29.2 Å². The zero-order chi connectivity index (χ0) is 30.3. The number of carboxylic acid groups (broad SMARTS) is 1. The number of ether oxygens (including phenoxy) is 3. The van der Waals surface area contributed by atoms with Gasteiger partial charge in [-0.15, -0.1) is 0 Å². The van der Waals surface area contributed by atoms with Gasteiger partial charge in [0.1, 0.15) is 42.0 Å². The van der Waals surface area contributed by atoms with Crippen molar-refractivity contribution in [2.45, 2.75) is 45.9 Å². The lowest BCUT2D eigenvalue weighted by Crippen LogP contribution is -2.09. The molecule has 5 rings (SSSR count). The standard InChI is InChI=1S/C34H34ClN3O5/c1-22(2)36-26-5-4-6-28(17-26)43-29-14-15-30-31(18-29)38(3)33(37-30)21-41-27-13-9-24(10-16-34(39)40)32(19-27)42-20-23-7-11-25(35)12-8-23/h4-9,11-15,17-19,22,36H,10,16,20-21H2,1-3H3,(H,39,40). The predicted octanol–water partition coefficient (Wildman–Crippen LogP) is 8.01. The Morgan fingerprint density at radius 3 is 2.47 bits per heavy atom. The first kappa shape index (κ1) is 29.8. The first-order valence-corrected chi connectivity index (χ1v) is 14.5. The molecule has 0 saturated carbocycles. The highest BCUT2D eigenvalue weighted by Crippen LogP contribution is 2.30. The third-order valence-corrected chi connectivity index (χ3v) is 7.04. The molecule has 0 atom stereocenters. The molecule has 8 nitrogen and oxygen atoms in total. The largest absolute Gasteiger partial charge is 0.488 e. The van der Waals surface area contributed by atoms with E-state index < -0.39 is 5.97 Å². The van der Waals surface area contributed by atoms with E-state index in [-0.39, 0.29) is 13.0 Å². The van der Waals surface area contributed by atoms with Crippen molar-refractivity contribution in [3.63, 3.8) is 0 Å². The van der Waals surface area contributed by atoms with E-state index in [9.17, 15) is 9.90 Å². The highest BCUT2D eigenvalue weighted by molar-refractivity contribution is 6.30. The first-order valence-electron chi connectivity index (χ1n) is 14.1. The Morgan fingerprint density at radius 1 is 0.930 bits per heavy atom. The molecule has 0 amide bonds. The summed E-state index contributed by atoms with van der Waals surface area (Å²) in [5.74, 6) is 2.51. The number of fused-ring (bicyclic) bond motifs is 1. The molecule has 0 saturated heterocycles. The van der Waals surface area contributed by atoms with E-state index in [0.29, 0.717) is 41.3 Å². The van der Waals surface area contributed by atoms with Gasteiger partial charge >= 0.3 is 5.97 Å². The normalized spacial score (nSPS) is 11.1. The molecule has 5 aromatic rings. The van der Waals surface area contributed by atoms with Crippen LogP contribution >= 0.6 is 11.6 Å². The molecule has 0 aliphatic heterocycles. The van der Waals surface area contributed by atoms with Crippen molar-refractivity contribution in [1.82, 2.24) is 9.55 Å². The minimum atomic E-state index is -0.865. The molecule has 0 spiro atoms. The van der Waals surface area contributed by atoms with Crippen molar-refractivity contribution in [2.24, 2.45) is 7.05 Å². The molecule has 0 fully saturated rings. The molecule has 1 heterocycles. The maximum Gasteiger partial charge on any atom is 0.303 e. The van der Waals surface area contributed by atoms with Crippen molar-refractivity contribution in [2.75, 3.05) is 5.32 Å². The predicted molar refractivity (Wildman–Crippen MR) is 169 cm³/mol. The highest BCUT2D eigenvalue weighted by Gasteiger charge is 2.13. The van der Waals surface area contributed by atoms with Gasteiger partial charge in [0.15, 0.2) is 0 Å². The van der Waals surface area contributed by atoms with Crippen molar-refractivity contribution in [1.29, 1.82) is 0 Å². The molecule has 9 heteroatoms. The van der Waals surface area contributed by atoms with Crippen LogP contribution in [-0.4, -0.2) is 26.7 Å². The van der Waals surface area contributed by atoms with Crippen LogP contribution in [0.3, 0.4) is 0 Å². The van der Waals surface area contributed by atoms with Gasteiger partial charge in [0.2, 0.25) is 0 Å². The maximum atomic E-state index is 11.2. The molecule has 0 bridgehead atoms.